The van der Waals surface area contributed by atoms with Gasteiger partial charge >= 0.3 is 5.97 Å². The molecule has 0 aromatic heterocycles. The average molecular weight is 242 g/mol. The minimum absolute atomic E-state index is 0.0436. The second-order valence-corrected chi connectivity index (χ2v) is 5.37. The standard InChI is InChI=1S/C14H26O3/c1-4-5-6-7-8-11-14(2,3)12(15)9-10-13(16)17/h4-11H2,1-3H3,(H,16,17). The molecule has 0 unspecified atom stereocenters. The lowest BCUT2D eigenvalue weighted by Gasteiger charge is -2.22. The first-order chi connectivity index (χ1) is 7.90. The van der Waals surface area contributed by atoms with Crippen LogP contribution in [0.25, 0.3) is 0 Å². The Hall–Kier alpha value is -0.860. The quantitative estimate of drug-likeness (QED) is 0.593. The van der Waals surface area contributed by atoms with Crippen LogP contribution in [0.5, 0.6) is 0 Å². The van der Waals surface area contributed by atoms with Crippen LogP contribution in [0.2, 0.25) is 0 Å². The highest BCUT2D eigenvalue weighted by Crippen LogP contribution is 2.27. The highest BCUT2D eigenvalue weighted by Gasteiger charge is 2.26. The molecule has 0 saturated heterocycles. The summed E-state index contributed by atoms with van der Waals surface area (Å²) in [5.41, 5.74) is -0.359. The fraction of sp³-hybridized carbons (Fsp3) is 0.857. The molecule has 0 saturated carbocycles. The molecule has 0 amide bonds. The predicted octanol–water partition coefficient (Wildman–Crippen LogP) is 3.81. The van der Waals surface area contributed by atoms with Crippen molar-refractivity contribution in [2.24, 2.45) is 5.41 Å². The van der Waals surface area contributed by atoms with Gasteiger partial charge in [-0.1, -0.05) is 52.9 Å². The van der Waals surface area contributed by atoms with Gasteiger partial charge in [-0.2, -0.15) is 0 Å². The first kappa shape index (κ1) is 16.1. The van der Waals surface area contributed by atoms with Crippen molar-refractivity contribution in [3.63, 3.8) is 0 Å². The molecule has 0 radical (unpaired) electrons. The smallest absolute Gasteiger partial charge is 0.303 e. The molecule has 0 atom stereocenters. The van der Waals surface area contributed by atoms with Crippen molar-refractivity contribution in [2.75, 3.05) is 0 Å². The minimum atomic E-state index is -0.892. The second kappa shape index (κ2) is 8.26. The molecule has 0 rings (SSSR count). The van der Waals surface area contributed by atoms with E-state index in [0.29, 0.717) is 0 Å². The van der Waals surface area contributed by atoms with Gasteiger partial charge in [0.1, 0.15) is 5.78 Å². The summed E-state index contributed by atoms with van der Waals surface area (Å²) in [7, 11) is 0. The van der Waals surface area contributed by atoms with E-state index in [9.17, 15) is 9.59 Å². The molecule has 0 spiro atoms. The summed E-state index contributed by atoms with van der Waals surface area (Å²) < 4.78 is 0. The molecule has 0 heterocycles. The van der Waals surface area contributed by atoms with Crippen molar-refractivity contribution in [1.29, 1.82) is 0 Å². The van der Waals surface area contributed by atoms with E-state index in [1.165, 1.54) is 25.7 Å². The van der Waals surface area contributed by atoms with Crippen molar-refractivity contribution < 1.29 is 14.7 Å². The summed E-state index contributed by atoms with van der Waals surface area (Å²) >= 11 is 0. The second-order valence-electron chi connectivity index (χ2n) is 5.37. The number of carbonyl (C=O) groups is 2. The van der Waals surface area contributed by atoms with Gasteiger partial charge in [-0.15, -0.1) is 0 Å². The third-order valence-corrected chi connectivity index (χ3v) is 3.23. The SMILES string of the molecule is CCCCCCCC(C)(C)C(=O)CCC(=O)O. The zero-order valence-corrected chi connectivity index (χ0v) is 11.4. The van der Waals surface area contributed by atoms with Crippen LogP contribution in [0.4, 0.5) is 0 Å². The molecule has 3 nitrogen and oxygen atoms in total. The first-order valence-corrected chi connectivity index (χ1v) is 6.65. The number of aliphatic carboxylic acids is 1. The fourth-order valence-corrected chi connectivity index (χ4v) is 1.87. The number of unbranched alkanes of at least 4 members (excludes halogenated alkanes) is 4. The van der Waals surface area contributed by atoms with Crippen molar-refractivity contribution in [1.82, 2.24) is 0 Å². The molecule has 0 aliphatic carbocycles. The van der Waals surface area contributed by atoms with E-state index < -0.39 is 5.97 Å². The molecule has 1 N–H and O–H groups in total. The van der Waals surface area contributed by atoms with E-state index in [1.54, 1.807) is 0 Å². The Kier molecular flexibility index (Phi) is 7.85. The van der Waals surface area contributed by atoms with Crippen LogP contribution in [-0.4, -0.2) is 16.9 Å². The number of Topliss-reactive ketones (excluding diaryl/α,β-unsaturated/α-hetero) is 1. The van der Waals surface area contributed by atoms with E-state index in [-0.39, 0.29) is 24.0 Å². The molecule has 0 bridgehead atoms. The van der Waals surface area contributed by atoms with Gasteiger partial charge in [0.15, 0.2) is 0 Å². The minimum Gasteiger partial charge on any atom is -0.481 e. The van der Waals surface area contributed by atoms with Gasteiger partial charge < -0.3 is 5.11 Å². The van der Waals surface area contributed by atoms with Crippen LogP contribution >= 0.6 is 0 Å². The Balaban J connectivity index is 3.84. The summed E-state index contributed by atoms with van der Waals surface area (Å²) in [6, 6.07) is 0. The third-order valence-electron chi connectivity index (χ3n) is 3.23. The van der Waals surface area contributed by atoms with E-state index in [4.69, 9.17) is 5.11 Å². The Morgan fingerprint density at radius 3 is 2.12 bits per heavy atom. The third kappa shape index (κ3) is 7.94. The van der Waals surface area contributed by atoms with Crippen molar-refractivity contribution in [2.45, 2.75) is 72.1 Å². The molecule has 17 heavy (non-hydrogen) atoms. The van der Waals surface area contributed by atoms with Gasteiger partial charge in [-0.05, 0) is 6.42 Å². The maximum absolute atomic E-state index is 11.8. The molecule has 0 aromatic rings. The predicted molar refractivity (Wildman–Crippen MR) is 69.0 cm³/mol. The summed E-state index contributed by atoms with van der Waals surface area (Å²) in [6.07, 6.45) is 6.93. The number of hydrogen-bond donors (Lipinski definition) is 1. The van der Waals surface area contributed by atoms with Gasteiger partial charge in [0.2, 0.25) is 0 Å². The first-order valence-electron chi connectivity index (χ1n) is 6.65. The average Bonchev–Trinajstić information content (AvgIpc) is 2.25. The number of carboxylic acid groups (broad SMARTS) is 1. The molecular weight excluding hydrogens is 216 g/mol. The molecule has 0 aromatic carbocycles. The molecule has 0 aliphatic heterocycles. The summed E-state index contributed by atoms with van der Waals surface area (Å²) in [5, 5.41) is 8.55. The fourth-order valence-electron chi connectivity index (χ4n) is 1.87. The van der Waals surface area contributed by atoms with Crippen LogP contribution in [-0.2, 0) is 9.59 Å². The largest absolute Gasteiger partial charge is 0.481 e. The van der Waals surface area contributed by atoms with E-state index >= 15 is 0 Å². The summed E-state index contributed by atoms with van der Waals surface area (Å²) in [5.74, 6) is -0.813. The van der Waals surface area contributed by atoms with Gasteiger partial charge in [0.05, 0.1) is 6.42 Å². The molecular formula is C14H26O3. The van der Waals surface area contributed by atoms with Crippen molar-refractivity contribution in [3.8, 4) is 0 Å². The number of hydrogen-bond acceptors (Lipinski definition) is 2. The number of ketones is 1. The van der Waals surface area contributed by atoms with Crippen LogP contribution in [0.3, 0.4) is 0 Å². The van der Waals surface area contributed by atoms with E-state index in [0.717, 1.165) is 12.8 Å². The highest BCUT2D eigenvalue weighted by molar-refractivity contribution is 5.86. The number of rotatable bonds is 10. The Morgan fingerprint density at radius 2 is 1.59 bits per heavy atom. The lowest BCUT2D eigenvalue weighted by molar-refractivity contribution is -0.139. The van der Waals surface area contributed by atoms with Gasteiger partial charge in [0.25, 0.3) is 0 Å². The Bertz CT molecular complexity index is 244. The topological polar surface area (TPSA) is 54.4 Å². The van der Waals surface area contributed by atoms with Crippen LogP contribution < -0.4 is 0 Å². The summed E-state index contributed by atoms with van der Waals surface area (Å²) in [4.78, 5) is 22.2. The molecule has 0 aliphatic rings. The normalized spacial score (nSPS) is 11.5. The van der Waals surface area contributed by atoms with Crippen LogP contribution in [0, 0.1) is 5.41 Å². The molecule has 0 fully saturated rings. The zero-order chi connectivity index (χ0) is 13.3. The Morgan fingerprint density at radius 1 is 1.00 bits per heavy atom. The summed E-state index contributed by atoms with van der Waals surface area (Å²) in [6.45, 7) is 6.04. The van der Waals surface area contributed by atoms with Crippen molar-refractivity contribution in [3.05, 3.63) is 0 Å². The van der Waals surface area contributed by atoms with Crippen molar-refractivity contribution >= 4 is 11.8 Å². The Labute approximate surface area is 105 Å². The van der Waals surface area contributed by atoms with Gasteiger partial charge in [-0.3, -0.25) is 9.59 Å². The van der Waals surface area contributed by atoms with E-state index in [1.807, 2.05) is 13.8 Å². The van der Waals surface area contributed by atoms with Gasteiger partial charge in [0, 0.05) is 11.8 Å². The molecule has 100 valence electrons. The molecule has 3 heteroatoms. The maximum Gasteiger partial charge on any atom is 0.303 e. The maximum atomic E-state index is 11.8. The zero-order valence-electron chi connectivity index (χ0n) is 11.4. The van der Waals surface area contributed by atoms with E-state index in [2.05, 4.69) is 6.92 Å². The highest BCUT2D eigenvalue weighted by atomic mass is 16.4. The lowest BCUT2D eigenvalue weighted by atomic mass is 9.81. The van der Waals surface area contributed by atoms with Crippen LogP contribution in [0.15, 0.2) is 0 Å². The lowest BCUT2D eigenvalue weighted by Crippen LogP contribution is -2.24. The van der Waals surface area contributed by atoms with Crippen LogP contribution in [0.1, 0.15) is 72.1 Å². The monoisotopic (exact) mass is 242 g/mol. The number of carboxylic acids is 1. The number of carbonyl (C=O) groups excluding carboxylic acids is 1. The van der Waals surface area contributed by atoms with Gasteiger partial charge in [-0.25, -0.2) is 0 Å².